The fourth-order valence-corrected chi connectivity index (χ4v) is 1.26. The molecule has 2 atom stereocenters. The molecule has 74 valence electrons. The Bertz CT molecular complexity index is 210. The zero-order valence-corrected chi connectivity index (χ0v) is 7.23. The van der Waals surface area contributed by atoms with E-state index >= 15 is 0 Å². The number of rotatable bonds is 4. The van der Waals surface area contributed by atoms with Crippen LogP contribution in [-0.2, 0) is 14.3 Å². The van der Waals surface area contributed by atoms with Crippen LogP contribution in [0.5, 0.6) is 0 Å². The Morgan fingerprint density at radius 3 is 2.77 bits per heavy atom. The number of nitrogens with two attached hydrogens (primary N) is 1. The quantitative estimate of drug-likeness (QED) is 0.613. The number of Topliss-reactive ketones (excluding diaryl/α,β-unsaturated/α-hetero) is 1. The first kappa shape index (κ1) is 10.1. The van der Waals surface area contributed by atoms with Gasteiger partial charge < -0.3 is 15.6 Å². The summed E-state index contributed by atoms with van der Waals surface area (Å²) in [7, 11) is 0. The second kappa shape index (κ2) is 4.34. The second-order valence-corrected chi connectivity index (χ2v) is 3.18. The number of carbonyl (C=O) groups is 2. The Hall–Kier alpha value is -0.940. The van der Waals surface area contributed by atoms with Gasteiger partial charge in [-0.15, -0.1) is 0 Å². The molecule has 1 rings (SSSR count). The highest BCUT2D eigenvalue weighted by Gasteiger charge is 2.26. The van der Waals surface area contributed by atoms with Crippen molar-refractivity contribution in [1.82, 2.24) is 0 Å². The van der Waals surface area contributed by atoms with E-state index in [0.717, 1.165) is 0 Å². The standard InChI is InChI=1S/C8H13NO4/c9-6(8(11)12)3-7(10)5-1-2-13-4-5/h5-6H,1-4,9H2,(H,11,12)/t5?,6-/m0/s1. The van der Waals surface area contributed by atoms with E-state index in [-0.39, 0.29) is 18.1 Å². The summed E-state index contributed by atoms with van der Waals surface area (Å²) in [5.74, 6) is -1.38. The number of carbonyl (C=O) groups excluding carboxylic acids is 1. The van der Waals surface area contributed by atoms with E-state index in [4.69, 9.17) is 15.6 Å². The maximum Gasteiger partial charge on any atom is 0.320 e. The summed E-state index contributed by atoms with van der Waals surface area (Å²) in [5, 5.41) is 8.47. The van der Waals surface area contributed by atoms with Crippen molar-refractivity contribution in [2.24, 2.45) is 11.7 Å². The van der Waals surface area contributed by atoms with E-state index in [1.807, 2.05) is 0 Å². The number of ether oxygens (including phenoxy) is 1. The lowest BCUT2D eigenvalue weighted by Gasteiger charge is -2.08. The lowest BCUT2D eigenvalue weighted by Crippen LogP contribution is -2.34. The number of hydrogen-bond acceptors (Lipinski definition) is 4. The molecule has 0 spiro atoms. The van der Waals surface area contributed by atoms with E-state index in [1.165, 1.54) is 0 Å². The average Bonchev–Trinajstić information content (AvgIpc) is 2.55. The Balaban J connectivity index is 2.35. The van der Waals surface area contributed by atoms with Crippen LogP contribution >= 0.6 is 0 Å². The molecule has 1 aliphatic rings. The third-order valence-electron chi connectivity index (χ3n) is 2.12. The van der Waals surface area contributed by atoms with Gasteiger partial charge in [-0.25, -0.2) is 0 Å². The predicted octanol–water partition coefficient (Wildman–Crippen LogP) is -0.606. The van der Waals surface area contributed by atoms with Crippen LogP contribution in [0.15, 0.2) is 0 Å². The minimum absolute atomic E-state index is 0.0939. The molecule has 1 saturated heterocycles. The van der Waals surface area contributed by atoms with Crippen molar-refractivity contribution in [3.8, 4) is 0 Å². The molecule has 13 heavy (non-hydrogen) atoms. The van der Waals surface area contributed by atoms with Crippen LogP contribution in [-0.4, -0.2) is 36.1 Å². The average molecular weight is 187 g/mol. The Kier molecular flexibility index (Phi) is 3.39. The van der Waals surface area contributed by atoms with Gasteiger partial charge in [-0.2, -0.15) is 0 Å². The third kappa shape index (κ3) is 2.78. The predicted molar refractivity (Wildman–Crippen MR) is 44.2 cm³/mol. The second-order valence-electron chi connectivity index (χ2n) is 3.18. The highest BCUT2D eigenvalue weighted by Crippen LogP contribution is 2.15. The summed E-state index contributed by atoms with van der Waals surface area (Å²) in [5.41, 5.74) is 5.22. The molecule has 0 aromatic heterocycles. The Labute approximate surface area is 75.9 Å². The van der Waals surface area contributed by atoms with Crippen molar-refractivity contribution < 1.29 is 19.4 Å². The molecule has 0 amide bonds. The zero-order chi connectivity index (χ0) is 9.84. The maximum absolute atomic E-state index is 11.3. The highest BCUT2D eigenvalue weighted by atomic mass is 16.5. The number of hydrogen-bond donors (Lipinski definition) is 2. The molecule has 5 nitrogen and oxygen atoms in total. The topological polar surface area (TPSA) is 89.6 Å². The summed E-state index contributed by atoms with van der Waals surface area (Å²) < 4.78 is 5.01. The molecular weight excluding hydrogens is 174 g/mol. The fraction of sp³-hybridized carbons (Fsp3) is 0.750. The van der Waals surface area contributed by atoms with Gasteiger partial charge >= 0.3 is 5.97 Å². The van der Waals surface area contributed by atoms with E-state index in [9.17, 15) is 9.59 Å². The number of ketones is 1. The largest absolute Gasteiger partial charge is 0.480 e. The van der Waals surface area contributed by atoms with Crippen LogP contribution in [0.2, 0.25) is 0 Å². The van der Waals surface area contributed by atoms with E-state index < -0.39 is 12.0 Å². The van der Waals surface area contributed by atoms with E-state index in [2.05, 4.69) is 0 Å². The monoisotopic (exact) mass is 187 g/mol. The first-order valence-electron chi connectivity index (χ1n) is 4.20. The summed E-state index contributed by atoms with van der Waals surface area (Å²) in [4.78, 5) is 21.7. The van der Waals surface area contributed by atoms with E-state index in [1.54, 1.807) is 0 Å². The van der Waals surface area contributed by atoms with Crippen LogP contribution in [0.3, 0.4) is 0 Å². The lowest BCUT2D eigenvalue weighted by molar-refractivity contribution is -0.140. The number of aliphatic carboxylic acids is 1. The van der Waals surface area contributed by atoms with Crippen molar-refractivity contribution in [2.45, 2.75) is 18.9 Å². The molecule has 0 aromatic carbocycles. The van der Waals surface area contributed by atoms with Crippen molar-refractivity contribution >= 4 is 11.8 Å². The van der Waals surface area contributed by atoms with Crippen molar-refractivity contribution in [2.75, 3.05) is 13.2 Å². The minimum Gasteiger partial charge on any atom is -0.480 e. The summed E-state index contributed by atoms with van der Waals surface area (Å²) >= 11 is 0. The molecule has 0 radical (unpaired) electrons. The molecule has 0 saturated carbocycles. The van der Waals surface area contributed by atoms with Gasteiger partial charge in [0.1, 0.15) is 11.8 Å². The molecule has 1 unspecified atom stereocenters. The smallest absolute Gasteiger partial charge is 0.320 e. The fourth-order valence-electron chi connectivity index (χ4n) is 1.26. The van der Waals surface area contributed by atoms with Crippen LogP contribution in [0.25, 0.3) is 0 Å². The molecule has 0 bridgehead atoms. The highest BCUT2D eigenvalue weighted by molar-refractivity contribution is 5.87. The molecule has 3 N–H and O–H groups in total. The van der Waals surface area contributed by atoms with Crippen LogP contribution in [0.4, 0.5) is 0 Å². The van der Waals surface area contributed by atoms with E-state index in [0.29, 0.717) is 19.6 Å². The van der Waals surface area contributed by atoms with Gasteiger partial charge in [0.05, 0.1) is 6.61 Å². The molecule has 0 aromatic rings. The number of carboxylic acid groups (broad SMARTS) is 1. The normalized spacial score (nSPS) is 24.2. The molecular formula is C8H13NO4. The Morgan fingerprint density at radius 1 is 1.62 bits per heavy atom. The summed E-state index contributed by atoms with van der Waals surface area (Å²) in [6.45, 7) is 0.990. The molecule has 1 aliphatic heterocycles. The molecule has 5 heteroatoms. The van der Waals surface area contributed by atoms with Gasteiger partial charge in [-0.3, -0.25) is 9.59 Å². The van der Waals surface area contributed by atoms with Crippen molar-refractivity contribution in [3.63, 3.8) is 0 Å². The van der Waals surface area contributed by atoms with Gasteiger partial charge in [0, 0.05) is 18.9 Å². The molecule has 1 fully saturated rings. The summed E-state index contributed by atoms with van der Waals surface area (Å²) in [6.07, 6.45) is 0.592. The van der Waals surface area contributed by atoms with Crippen LogP contribution in [0.1, 0.15) is 12.8 Å². The summed E-state index contributed by atoms with van der Waals surface area (Å²) in [6, 6.07) is -1.08. The Morgan fingerprint density at radius 2 is 2.31 bits per heavy atom. The maximum atomic E-state index is 11.3. The van der Waals surface area contributed by atoms with Gasteiger partial charge in [-0.1, -0.05) is 0 Å². The lowest BCUT2D eigenvalue weighted by atomic mass is 9.98. The van der Waals surface area contributed by atoms with Crippen LogP contribution < -0.4 is 5.73 Å². The van der Waals surface area contributed by atoms with Gasteiger partial charge in [0.25, 0.3) is 0 Å². The first-order valence-corrected chi connectivity index (χ1v) is 4.20. The zero-order valence-electron chi connectivity index (χ0n) is 7.23. The third-order valence-corrected chi connectivity index (χ3v) is 2.12. The minimum atomic E-state index is -1.13. The van der Waals surface area contributed by atoms with Gasteiger partial charge in [0.2, 0.25) is 0 Å². The number of carboxylic acids is 1. The van der Waals surface area contributed by atoms with Gasteiger partial charge in [0.15, 0.2) is 0 Å². The molecule has 1 heterocycles. The van der Waals surface area contributed by atoms with Gasteiger partial charge in [-0.05, 0) is 6.42 Å². The van der Waals surface area contributed by atoms with Crippen molar-refractivity contribution in [3.05, 3.63) is 0 Å². The first-order chi connectivity index (χ1) is 6.11. The molecule has 0 aliphatic carbocycles. The van der Waals surface area contributed by atoms with Crippen LogP contribution in [0, 0.1) is 5.92 Å². The SMILES string of the molecule is N[C@@H](CC(=O)C1CCOC1)C(=O)O. The van der Waals surface area contributed by atoms with Crippen molar-refractivity contribution in [1.29, 1.82) is 0 Å².